The number of aromatic nitrogens is 2. The first kappa shape index (κ1) is 17.7. The van der Waals surface area contributed by atoms with E-state index >= 15 is 0 Å². The average Bonchev–Trinajstić information content (AvgIpc) is 3.11. The van der Waals surface area contributed by atoms with Gasteiger partial charge in [-0.25, -0.2) is 9.37 Å². The van der Waals surface area contributed by atoms with Crippen molar-refractivity contribution < 1.29 is 22.4 Å². The van der Waals surface area contributed by atoms with Crippen LogP contribution in [0, 0.1) is 5.82 Å². The number of hydrogen-bond acceptors (Lipinski definition) is 2. The highest BCUT2D eigenvalue weighted by Gasteiger charge is 2.30. The zero-order valence-corrected chi connectivity index (χ0v) is 13.3. The predicted molar refractivity (Wildman–Crippen MR) is 86.1 cm³/mol. The molecule has 0 aliphatic rings. The Labute approximate surface area is 146 Å². The monoisotopic (exact) mass is 363 g/mol. The number of hydrogen-bond donors (Lipinski definition) is 1. The molecular weight excluding hydrogens is 350 g/mol. The van der Waals surface area contributed by atoms with Crippen molar-refractivity contribution in [3.8, 4) is 5.69 Å². The van der Waals surface area contributed by atoms with Crippen LogP contribution in [-0.2, 0) is 12.7 Å². The van der Waals surface area contributed by atoms with Crippen molar-refractivity contribution in [3.63, 3.8) is 0 Å². The Bertz CT molecular complexity index is 917. The number of benzene rings is 2. The molecule has 1 heterocycles. The van der Waals surface area contributed by atoms with Crippen LogP contribution in [0.25, 0.3) is 5.69 Å². The molecule has 1 amide bonds. The van der Waals surface area contributed by atoms with E-state index in [0.717, 1.165) is 12.1 Å². The maximum absolute atomic E-state index is 12.8. The standard InChI is InChI=1S/C18H13F4N3O/c19-14-6-4-12(5-7-14)9-23-17(26)16-10-25(11-24-16)15-3-1-2-13(8-15)18(20,21)22/h1-8,10-11H,9H2,(H,23,26). The summed E-state index contributed by atoms with van der Waals surface area (Å²) in [6.07, 6.45) is -1.84. The van der Waals surface area contributed by atoms with Crippen molar-refractivity contribution in [2.24, 2.45) is 0 Å². The third-order valence-corrected chi connectivity index (χ3v) is 3.65. The van der Waals surface area contributed by atoms with Gasteiger partial charge in [-0.1, -0.05) is 18.2 Å². The lowest BCUT2D eigenvalue weighted by Gasteiger charge is -2.08. The van der Waals surface area contributed by atoms with Crippen LogP contribution in [0.5, 0.6) is 0 Å². The number of carbonyl (C=O) groups is 1. The van der Waals surface area contributed by atoms with Gasteiger partial charge in [0.05, 0.1) is 5.56 Å². The highest BCUT2D eigenvalue weighted by Crippen LogP contribution is 2.30. The minimum Gasteiger partial charge on any atom is -0.347 e. The van der Waals surface area contributed by atoms with Crippen molar-refractivity contribution in [3.05, 3.63) is 83.7 Å². The van der Waals surface area contributed by atoms with Gasteiger partial charge in [-0.05, 0) is 35.9 Å². The van der Waals surface area contributed by atoms with Crippen LogP contribution in [-0.4, -0.2) is 15.5 Å². The summed E-state index contributed by atoms with van der Waals surface area (Å²) in [5.74, 6) is -0.861. The van der Waals surface area contributed by atoms with Gasteiger partial charge in [0.15, 0.2) is 0 Å². The van der Waals surface area contributed by atoms with E-state index in [1.807, 2.05) is 0 Å². The highest BCUT2D eigenvalue weighted by molar-refractivity contribution is 5.92. The van der Waals surface area contributed by atoms with Gasteiger partial charge in [0.2, 0.25) is 0 Å². The first-order chi connectivity index (χ1) is 12.3. The first-order valence-electron chi connectivity index (χ1n) is 7.57. The lowest BCUT2D eigenvalue weighted by atomic mass is 10.2. The van der Waals surface area contributed by atoms with Crippen molar-refractivity contribution in [1.82, 2.24) is 14.9 Å². The van der Waals surface area contributed by atoms with Crippen LogP contribution in [0.2, 0.25) is 0 Å². The van der Waals surface area contributed by atoms with Gasteiger partial charge in [-0.2, -0.15) is 13.2 Å². The minimum absolute atomic E-state index is 0.0597. The first-order valence-corrected chi connectivity index (χ1v) is 7.57. The van der Waals surface area contributed by atoms with Gasteiger partial charge in [0.1, 0.15) is 17.8 Å². The molecule has 1 aromatic heterocycles. The molecule has 3 aromatic rings. The largest absolute Gasteiger partial charge is 0.416 e. The van der Waals surface area contributed by atoms with Gasteiger partial charge in [-0.3, -0.25) is 4.79 Å². The molecule has 0 atom stereocenters. The van der Waals surface area contributed by atoms with Crippen LogP contribution in [0.3, 0.4) is 0 Å². The van der Waals surface area contributed by atoms with Gasteiger partial charge in [0.25, 0.3) is 5.91 Å². The molecule has 26 heavy (non-hydrogen) atoms. The molecule has 0 saturated heterocycles. The summed E-state index contributed by atoms with van der Waals surface area (Å²) in [6.45, 7) is 0.176. The van der Waals surface area contributed by atoms with Crippen LogP contribution < -0.4 is 5.32 Å². The van der Waals surface area contributed by atoms with Crippen LogP contribution in [0.1, 0.15) is 21.6 Å². The van der Waals surface area contributed by atoms with E-state index in [-0.39, 0.29) is 23.7 Å². The summed E-state index contributed by atoms with van der Waals surface area (Å²) in [4.78, 5) is 16.0. The molecule has 0 aliphatic heterocycles. The Morgan fingerprint density at radius 1 is 1.12 bits per heavy atom. The molecule has 134 valence electrons. The fraction of sp³-hybridized carbons (Fsp3) is 0.111. The molecule has 3 rings (SSSR count). The van der Waals surface area contributed by atoms with Gasteiger partial charge >= 0.3 is 6.18 Å². The maximum atomic E-state index is 12.8. The molecule has 0 saturated carbocycles. The smallest absolute Gasteiger partial charge is 0.347 e. The van der Waals surface area contributed by atoms with Crippen molar-refractivity contribution in [2.75, 3.05) is 0 Å². The molecule has 4 nitrogen and oxygen atoms in total. The van der Waals surface area contributed by atoms with Crippen molar-refractivity contribution in [1.29, 1.82) is 0 Å². The Balaban J connectivity index is 1.71. The van der Waals surface area contributed by atoms with E-state index in [4.69, 9.17) is 0 Å². The van der Waals surface area contributed by atoms with Crippen LogP contribution in [0.4, 0.5) is 17.6 Å². The average molecular weight is 363 g/mol. The zero-order chi connectivity index (χ0) is 18.7. The lowest BCUT2D eigenvalue weighted by Crippen LogP contribution is -2.23. The summed E-state index contributed by atoms with van der Waals surface area (Å²) < 4.78 is 52.6. The Kier molecular flexibility index (Phi) is 4.75. The quantitative estimate of drug-likeness (QED) is 0.714. The van der Waals surface area contributed by atoms with Gasteiger partial charge < -0.3 is 9.88 Å². The van der Waals surface area contributed by atoms with Crippen LogP contribution in [0.15, 0.2) is 61.1 Å². The lowest BCUT2D eigenvalue weighted by molar-refractivity contribution is -0.137. The number of halogens is 4. The number of amides is 1. The summed E-state index contributed by atoms with van der Waals surface area (Å²) in [5.41, 5.74) is 0.220. The summed E-state index contributed by atoms with van der Waals surface area (Å²) in [6, 6.07) is 10.4. The fourth-order valence-corrected chi connectivity index (χ4v) is 2.30. The fourth-order valence-electron chi connectivity index (χ4n) is 2.30. The third kappa shape index (κ3) is 4.08. The topological polar surface area (TPSA) is 46.9 Å². The van der Waals surface area contributed by atoms with E-state index in [1.165, 1.54) is 53.5 Å². The van der Waals surface area contributed by atoms with E-state index in [2.05, 4.69) is 10.3 Å². The second-order valence-electron chi connectivity index (χ2n) is 5.52. The molecule has 0 unspecified atom stereocenters. The minimum atomic E-state index is -4.45. The number of imidazole rings is 1. The second-order valence-corrected chi connectivity index (χ2v) is 5.52. The van der Waals surface area contributed by atoms with Gasteiger partial charge in [-0.15, -0.1) is 0 Å². The number of nitrogens with one attached hydrogen (secondary N) is 1. The summed E-state index contributed by atoms with van der Waals surface area (Å²) in [7, 11) is 0. The number of rotatable bonds is 4. The van der Waals surface area contributed by atoms with Crippen molar-refractivity contribution in [2.45, 2.75) is 12.7 Å². The Hall–Kier alpha value is -3.16. The van der Waals surface area contributed by atoms with Crippen molar-refractivity contribution >= 4 is 5.91 Å². The van der Waals surface area contributed by atoms with E-state index in [1.54, 1.807) is 0 Å². The third-order valence-electron chi connectivity index (χ3n) is 3.65. The molecule has 0 spiro atoms. The van der Waals surface area contributed by atoms with E-state index in [0.29, 0.717) is 5.56 Å². The Morgan fingerprint density at radius 2 is 1.85 bits per heavy atom. The molecular formula is C18H13F4N3O. The molecule has 0 aliphatic carbocycles. The molecule has 0 radical (unpaired) electrons. The van der Waals surface area contributed by atoms with Crippen LogP contribution >= 0.6 is 0 Å². The highest BCUT2D eigenvalue weighted by atomic mass is 19.4. The number of nitrogens with zero attached hydrogens (tertiary/aromatic N) is 2. The molecule has 1 N–H and O–H groups in total. The molecule has 8 heteroatoms. The number of carbonyl (C=O) groups excluding carboxylic acids is 1. The summed E-state index contributed by atoms with van der Waals surface area (Å²) >= 11 is 0. The number of alkyl halides is 3. The maximum Gasteiger partial charge on any atom is 0.416 e. The Morgan fingerprint density at radius 3 is 2.54 bits per heavy atom. The normalized spacial score (nSPS) is 11.4. The molecule has 0 fully saturated rings. The van der Waals surface area contributed by atoms with E-state index < -0.39 is 17.6 Å². The zero-order valence-electron chi connectivity index (χ0n) is 13.3. The molecule has 0 bridgehead atoms. The predicted octanol–water partition coefficient (Wildman–Crippen LogP) is 3.96. The summed E-state index contributed by atoms with van der Waals surface area (Å²) in [5, 5.41) is 2.62. The van der Waals surface area contributed by atoms with E-state index in [9.17, 15) is 22.4 Å². The second kappa shape index (κ2) is 6.99. The molecule has 2 aromatic carbocycles. The SMILES string of the molecule is O=C(NCc1ccc(F)cc1)c1cn(-c2cccc(C(F)(F)F)c2)cn1. The van der Waals surface area contributed by atoms with Gasteiger partial charge in [0, 0.05) is 18.4 Å².